The molecule has 0 aromatic carbocycles. The average Bonchev–Trinajstić information content (AvgIpc) is 3.05. The number of carbonyl (C=O) groups excluding carboxylic acids is 1. The number of nitrogens with one attached hydrogen (secondary N) is 1. The van der Waals surface area contributed by atoms with Gasteiger partial charge in [0.15, 0.2) is 5.69 Å². The van der Waals surface area contributed by atoms with Crippen LogP contribution in [0, 0.1) is 0 Å². The largest absolute Gasteiger partial charge is 0.435 e. The van der Waals surface area contributed by atoms with Gasteiger partial charge in [0.2, 0.25) is 5.91 Å². The monoisotopic (exact) mass is 381 g/mol. The number of fused-ring (bicyclic) bond motifs is 1. The van der Waals surface area contributed by atoms with Crippen molar-refractivity contribution in [2.75, 3.05) is 5.32 Å². The third-order valence-electron chi connectivity index (χ3n) is 5.36. The van der Waals surface area contributed by atoms with Gasteiger partial charge in [-0.15, -0.1) is 0 Å². The fourth-order valence-electron chi connectivity index (χ4n) is 3.81. The molecule has 0 bridgehead atoms. The summed E-state index contributed by atoms with van der Waals surface area (Å²) in [5, 5.41) is 11.0. The van der Waals surface area contributed by atoms with E-state index in [0.717, 1.165) is 18.5 Å². The zero-order chi connectivity index (χ0) is 19.3. The molecule has 27 heavy (non-hydrogen) atoms. The van der Waals surface area contributed by atoms with Crippen molar-refractivity contribution in [1.29, 1.82) is 0 Å². The van der Waals surface area contributed by atoms with Crippen LogP contribution >= 0.6 is 0 Å². The minimum Gasteiger partial charge on any atom is -0.309 e. The lowest BCUT2D eigenvalue weighted by atomic mass is 10.1. The van der Waals surface area contributed by atoms with E-state index in [2.05, 4.69) is 15.5 Å². The van der Waals surface area contributed by atoms with E-state index in [1.54, 1.807) is 18.7 Å². The number of nitrogens with zero attached hydrogens (tertiary/aromatic N) is 4. The van der Waals surface area contributed by atoms with Crippen LogP contribution in [-0.4, -0.2) is 25.5 Å². The van der Waals surface area contributed by atoms with Crippen molar-refractivity contribution in [1.82, 2.24) is 19.6 Å². The molecule has 1 saturated carbocycles. The maximum Gasteiger partial charge on any atom is 0.435 e. The molecule has 2 aromatic rings. The van der Waals surface area contributed by atoms with E-state index in [9.17, 15) is 18.0 Å². The van der Waals surface area contributed by atoms with Crippen molar-refractivity contribution in [3.8, 4) is 0 Å². The van der Waals surface area contributed by atoms with Crippen LogP contribution in [0.5, 0.6) is 0 Å². The first-order chi connectivity index (χ1) is 12.8. The highest BCUT2D eigenvalue weighted by atomic mass is 19.4. The molecule has 1 N–H and O–H groups in total. The highest BCUT2D eigenvalue weighted by Gasteiger charge is 2.41. The number of anilines is 1. The predicted octanol–water partition coefficient (Wildman–Crippen LogP) is 3.59. The van der Waals surface area contributed by atoms with Crippen LogP contribution in [0.4, 0.5) is 19.0 Å². The Morgan fingerprint density at radius 2 is 2.07 bits per heavy atom. The first-order valence-corrected chi connectivity index (χ1v) is 9.31. The van der Waals surface area contributed by atoms with Crippen LogP contribution in [0.25, 0.3) is 0 Å². The van der Waals surface area contributed by atoms with Crippen molar-refractivity contribution in [2.24, 2.45) is 7.05 Å². The first-order valence-electron chi connectivity index (χ1n) is 9.31. The fourth-order valence-corrected chi connectivity index (χ4v) is 3.81. The van der Waals surface area contributed by atoms with Gasteiger partial charge in [-0.1, -0.05) is 6.92 Å². The number of alkyl halides is 3. The van der Waals surface area contributed by atoms with Crippen LogP contribution in [0.3, 0.4) is 0 Å². The molecule has 0 saturated heterocycles. The van der Waals surface area contributed by atoms with Crippen LogP contribution < -0.4 is 5.32 Å². The SMILES string of the molecule is CC[C@@H](C(=O)Nc1cc(C2CC2)nn1C)n1nc(C(F)(F)F)c2c1CCC2. The molecular formula is C18H22F3N5O. The van der Waals surface area contributed by atoms with Crippen LogP contribution in [0.1, 0.15) is 67.2 Å². The standard InChI is InChI=1S/C18H22F3N5O/c1-3-13(17(27)22-15-9-12(10-7-8-10)23-25(15)2)26-14-6-4-5-11(14)16(24-26)18(19,20)21/h9-10,13H,3-8H2,1-2H3,(H,22,27)/t13-/m0/s1. The maximum absolute atomic E-state index is 13.3. The van der Waals surface area contributed by atoms with Crippen molar-refractivity contribution >= 4 is 11.7 Å². The lowest BCUT2D eigenvalue weighted by Crippen LogP contribution is -2.28. The Bertz CT molecular complexity index is 878. The second-order valence-electron chi connectivity index (χ2n) is 7.34. The van der Waals surface area contributed by atoms with Crippen LogP contribution in [-0.2, 0) is 30.9 Å². The zero-order valence-electron chi connectivity index (χ0n) is 15.3. The molecule has 0 aliphatic heterocycles. The Hall–Kier alpha value is -2.32. The minimum atomic E-state index is -4.50. The van der Waals surface area contributed by atoms with Crippen LogP contribution in [0.15, 0.2) is 6.07 Å². The summed E-state index contributed by atoms with van der Waals surface area (Å²) in [6, 6.07) is 1.06. The number of aromatic nitrogens is 4. The van der Waals surface area contributed by atoms with Gasteiger partial charge in [0.05, 0.1) is 5.69 Å². The smallest absolute Gasteiger partial charge is 0.309 e. The molecule has 0 unspecified atom stereocenters. The molecule has 1 fully saturated rings. The number of rotatable bonds is 5. The van der Waals surface area contributed by atoms with E-state index in [-0.39, 0.29) is 11.5 Å². The lowest BCUT2D eigenvalue weighted by molar-refractivity contribution is -0.142. The molecule has 0 radical (unpaired) electrons. The minimum absolute atomic E-state index is 0.241. The van der Waals surface area contributed by atoms with Crippen molar-refractivity contribution in [2.45, 2.75) is 63.6 Å². The molecule has 2 heterocycles. The molecule has 9 heteroatoms. The van der Waals surface area contributed by atoms with Gasteiger partial charge >= 0.3 is 6.18 Å². The van der Waals surface area contributed by atoms with Gasteiger partial charge in [-0.2, -0.15) is 23.4 Å². The molecule has 0 spiro atoms. The average molecular weight is 381 g/mol. The molecule has 2 aromatic heterocycles. The lowest BCUT2D eigenvalue weighted by Gasteiger charge is -2.18. The van der Waals surface area contributed by atoms with Gasteiger partial charge in [-0.25, -0.2) is 0 Å². The second kappa shape index (κ2) is 6.38. The molecule has 146 valence electrons. The van der Waals surface area contributed by atoms with Crippen molar-refractivity contribution in [3.63, 3.8) is 0 Å². The first kappa shape index (κ1) is 18.1. The number of hydrogen-bond donors (Lipinski definition) is 1. The molecule has 6 nitrogen and oxygen atoms in total. The summed E-state index contributed by atoms with van der Waals surface area (Å²) >= 11 is 0. The zero-order valence-corrected chi connectivity index (χ0v) is 15.3. The number of halogens is 3. The van der Waals surface area contributed by atoms with Crippen LogP contribution in [0.2, 0.25) is 0 Å². The maximum atomic E-state index is 13.3. The highest BCUT2D eigenvalue weighted by Crippen LogP contribution is 2.40. The van der Waals surface area contributed by atoms with Gasteiger partial charge in [0.1, 0.15) is 11.9 Å². The summed E-state index contributed by atoms with van der Waals surface area (Å²) in [7, 11) is 1.75. The number of aryl methyl sites for hydroxylation is 1. The van der Waals surface area contributed by atoms with Gasteiger partial charge in [0, 0.05) is 30.3 Å². The highest BCUT2D eigenvalue weighted by molar-refractivity contribution is 5.93. The van der Waals surface area contributed by atoms with E-state index in [0.29, 0.717) is 43.1 Å². The summed E-state index contributed by atoms with van der Waals surface area (Å²) in [5.41, 5.74) is 0.872. The molecule has 4 rings (SSSR count). The van der Waals surface area contributed by atoms with E-state index in [1.165, 1.54) is 4.68 Å². The van der Waals surface area contributed by atoms with E-state index in [4.69, 9.17) is 0 Å². The number of amides is 1. The second-order valence-corrected chi connectivity index (χ2v) is 7.34. The fraction of sp³-hybridized carbons (Fsp3) is 0.611. The van der Waals surface area contributed by atoms with Crippen molar-refractivity contribution in [3.05, 3.63) is 28.7 Å². The van der Waals surface area contributed by atoms with Gasteiger partial charge in [-0.05, 0) is 38.5 Å². The Labute approximate surface area is 154 Å². The molecule has 2 aliphatic rings. The van der Waals surface area contributed by atoms with E-state index in [1.807, 2.05) is 6.07 Å². The Balaban J connectivity index is 1.61. The van der Waals surface area contributed by atoms with E-state index < -0.39 is 17.9 Å². The Kier molecular flexibility index (Phi) is 4.27. The third-order valence-corrected chi connectivity index (χ3v) is 5.36. The predicted molar refractivity (Wildman–Crippen MR) is 92.4 cm³/mol. The van der Waals surface area contributed by atoms with Gasteiger partial charge in [-0.3, -0.25) is 14.2 Å². The summed E-state index contributed by atoms with van der Waals surface area (Å²) in [5.74, 6) is 0.640. The third kappa shape index (κ3) is 3.23. The molecule has 1 atom stereocenters. The number of carbonyl (C=O) groups is 1. The van der Waals surface area contributed by atoms with Crippen molar-refractivity contribution < 1.29 is 18.0 Å². The summed E-state index contributed by atoms with van der Waals surface area (Å²) in [4.78, 5) is 12.9. The summed E-state index contributed by atoms with van der Waals surface area (Å²) < 4.78 is 42.9. The molecular weight excluding hydrogens is 359 g/mol. The molecule has 1 amide bonds. The van der Waals surface area contributed by atoms with Gasteiger partial charge in [0.25, 0.3) is 0 Å². The Morgan fingerprint density at radius 1 is 1.33 bits per heavy atom. The quantitative estimate of drug-likeness (QED) is 0.861. The Morgan fingerprint density at radius 3 is 2.70 bits per heavy atom. The summed E-state index contributed by atoms with van der Waals surface area (Å²) in [6.45, 7) is 1.78. The van der Waals surface area contributed by atoms with Gasteiger partial charge < -0.3 is 5.32 Å². The summed E-state index contributed by atoms with van der Waals surface area (Å²) in [6.07, 6.45) is -0.432. The normalized spacial score (nSPS) is 17.8. The molecule has 2 aliphatic carbocycles. The topological polar surface area (TPSA) is 64.7 Å². The number of hydrogen-bond acceptors (Lipinski definition) is 3. The van der Waals surface area contributed by atoms with E-state index >= 15 is 0 Å².